The van der Waals surface area contributed by atoms with E-state index in [0.29, 0.717) is 6.07 Å². The molecule has 0 saturated carbocycles. The smallest absolute Gasteiger partial charge is 0.417 e. The first-order valence-electron chi connectivity index (χ1n) is 11.6. The molecule has 3 aliphatic rings. The van der Waals surface area contributed by atoms with Gasteiger partial charge in [0.2, 0.25) is 11.8 Å². The van der Waals surface area contributed by atoms with Crippen LogP contribution in [-0.4, -0.2) is 49.8 Å². The van der Waals surface area contributed by atoms with Gasteiger partial charge in [-0.05, 0) is 38.1 Å². The second-order valence-corrected chi connectivity index (χ2v) is 16.9. The van der Waals surface area contributed by atoms with Crippen molar-refractivity contribution >= 4 is 31.7 Å². The lowest BCUT2D eigenvalue weighted by molar-refractivity contribution is -0.138. The van der Waals surface area contributed by atoms with Gasteiger partial charge in [-0.1, -0.05) is 19.6 Å². The fourth-order valence-electron chi connectivity index (χ4n) is 5.64. The average molecular weight is 524 g/mol. The van der Waals surface area contributed by atoms with Crippen LogP contribution >= 0.6 is 0 Å². The summed E-state index contributed by atoms with van der Waals surface area (Å²) >= 11 is 0. The van der Waals surface area contributed by atoms with Gasteiger partial charge in [0.05, 0.1) is 58.6 Å². The predicted octanol–water partition coefficient (Wildman–Crippen LogP) is 4.07. The van der Waals surface area contributed by atoms with Crippen molar-refractivity contribution in [1.29, 1.82) is 5.26 Å². The predicted molar refractivity (Wildman–Crippen MR) is 125 cm³/mol. The van der Waals surface area contributed by atoms with E-state index < -0.39 is 72.4 Å². The minimum absolute atomic E-state index is 0.238. The van der Waals surface area contributed by atoms with E-state index in [-0.39, 0.29) is 18.7 Å². The molecule has 1 N–H and O–H groups in total. The van der Waals surface area contributed by atoms with E-state index in [1.54, 1.807) is 13.8 Å². The van der Waals surface area contributed by atoms with Gasteiger partial charge in [0.1, 0.15) is 0 Å². The molecule has 3 aliphatic heterocycles. The van der Waals surface area contributed by atoms with Gasteiger partial charge in [0.25, 0.3) is 0 Å². The molecule has 3 amide bonds. The number of alkyl carbamates (subject to hydrolysis) is 1. The number of hydrogen-bond acceptors (Lipinski definition) is 6. The molecule has 3 fully saturated rings. The quantitative estimate of drug-likeness (QED) is 0.461. The van der Waals surface area contributed by atoms with Crippen molar-refractivity contribution in [3.63, 3.8) is 0 Å². The molecule has 1 aromatic carbocycles. The Morgan fingerprint density at radius 2 is 1.89 bits per heavy atom. The zero-order valence-corrected chi connectivity index (χ0v) is 21.7. The fraction of sp³-hybridized carbons (Fsp3) is 0.583. The van der Waals surface area contributed by atoms with Crippen molar-refractivity contribution in [2.45, 2.75) is 69.4 Å². The lowest BCUT2D eigenvalue weighted by Gasteiger charge is -2.35. The SMILES string of the molecule is C[C@@]12O[C@@](C)(C[C@@H]1NC(=O)OCC[Si](C)(C)C)[C@@H]1C(=O)N(c3ccc(C#N)c(C(F)(F)F)c3)C(=O)[C@@H]12. The number of imide groups is 1. The van der Waals surface area contributed by atoms with Crippen molar-refractivity contribution in [2.24, 2.45) is 11.8 Å². The number of nitrogens with one attached hydrogen (secondary N) is 1. The molecule has 0 spiro atoms. The molecule has 3 saturated heterocycles. The molecule has 0 unspecified atom stereocenters. The normalized spacial score (nSPS) is 31.4. The molecule has 0 radical (unpaired) electrons. The maximum atomic E-state index is 13.5. The summed E-state index contributed by atoms with van der Waals surface area (Å²) in [5, 5.41) is 11.8. The summed E-state index contributed by atoms with van der Waals surface area (Å²) in [7, 11) is -1.41. The van der Waals surface area contributed by atoms with Crippen molar-refractivity contribution < 1.29 is 37.0 Å². The lowest BCUT2D eigenvalue weighted by atomic mass is 9.66. The minimum Gasteiger partial charge on any atom is -0.450 e. The fourth-order valence-corrected chi connectivity index (χ4v) is 6.36. The monoisotopic (exact) mass is 523 g/mol. The molecule has 0 aromatic heterocycles. The molecule has 1 aromatic rings. The Morgan fingerprint density at radius 1 is 1.25 bits per heavy atom. The summed E-state index contributed by atoms with van der Waals surface area (Å²) in [6.45, 7) is 10.0. The van der Waals surface area contributed by atoms with Gasteiger partial charge < -0.3 is 14.8 Å². The van der Waals surface area contributed by atoms with E-state index in [1.165, 1.54) is 6.07 Å². The Bertz CT molecular complexity index is 1180. The molecule has 3 heterocycles. The highest BCUT2D eigenvalue weighted by Crippen LogP contribution is 2.61. The van der Waals surface area contributed by atoms with Gasteiger partial charge in [-0.3, -0.25) is 9.59 Å². The zero-order chi connectivity index (χ0) is 26.8. The Hall–Kier alpha value is -2.91. The van der Waals surface area contributed by atoms with Crippen molar-refractivity contribution in [3.8, 4) is 6.07 Å². The summed E-state index contributed by atoms with van der Waals surface area (Å²) < 4.78 is 52.0. The summed E-state index contributed by atoms with van der Waals surface area (Å²) in [6.07, 6.45) is -5.25. The van der Waals surface area contributed by atoms with Crippen LogP contribution in [0.4, 0.5) is 23.7 Å². The molecule has 36 heavy (non-hydrogen) atoms. The number of carbonyl (C=O) groups is 3. The molecular formula is C24H28F3N3O5Si. The van der Waals surface area contributed by atoms with Crippen LogP contribution in [-0.2, 0) is 25.2 Å². The molecule has 8 nitrogen and oxygen atoms in total. The van der Waals surface area contributed by atoms with Crippen molar-refractivity contribution in [1.82, 2.24) is 5.32 Å². The van der Waals surface area contributed by atoms with Gasteiger partial charge in [-0.25, -0.2) is 9.69 Å². The van der Waals surface area contributed by atoms with Crippen LogP contribution in [0.25, 0.3) is 0 Å². The third kappa shape index (κ3) is 4.18. The number of amides is 3. The van der Waals surface area contributed by atoms with E-state index in [0.717, 1.165) is 23.1 Å². The van der Waals surface area contributed by atoms with E-state index in [4.69, 9.17) is 14.7 Å². The topological polar surface area (TPSA) is 109 Å². The van der Waals surface area contributed by atoms with Crippen LogP contribution in [0.15, 0.2) is 18.2 Å². The number of anilines is 1. The van der Waals surface area contributed by atoms with Crippen molar-refractivity contribution in [3.05, 3.63) is 29.3 Å². The highest BCUT2D eigenvalue weighted by molar-refractivity contribution is 6.76. The number of fused-ring (bicyclic) bond motifs is 5. The molecule has 194 valence electrons. The van der Waals surface area contributed by atoms with E-state index in [9.17, 15) is 27.6 Å². The standard InChI is InChI=1S/C24H28F3N3O5Si/c1-22-11-16(29-21(33)34-8-9-36(3,4)5)23(2,35-22)18-17(22)19(31)30(20(18)32)14-7-6-13(12-28)15(10-14)24(25,26)27/h6-7,10,16-18H,8-9,11H2,1-5H3,(H,29,33)/t16-,17-,18+,22-,23+/m0/s1. The largest absolute Gasteiger partial charge is 0.450 e. The summed E-state index contributed by atoms with van der Waals surface area (Å²) in [6, 6.07) is 4.39. The van der Waals surface area contributed by atoms with Crippen LogP contribution in [0.2, 0.25) is 25.7 Å². The number of ether oxygens (including phenoxy) is 2. The van der Waals surface area contributed by atoms with Crippen LogP contribution < -0.4 is 10.2 Å². The molecule has 4 rings (SSSR count). The highest BCUT2D eigenvalue weighted by atomic mass is 28.3. The van der Waals surface area contributed by atoms with E-state index in [1.807, 2.05) is 0 Å². The van der Waals surface area contributed by atoms with E-state index >= 15 is 0 Å². The number of rotatable bonds is 5. The van der Waals surface area contributed by atoms with Gasteiger partial charge >= 0.3 is 12.3 Å². The molecule has 2 bridgehead atoms. The number of nitrogens with zero attached hydrogens (tertiary/aromatic N) is 2. The van der Waals surface area contributed by atoms with E-state index in [2.05, 4.69) is 25.0 Å². The van der Waals surface area contributed by atoms with Gasteiger partial charge in [0.15, 0.2) is 0 Å². The minimum atomic E-state index is -4.84. The van der Waals surface area contributed by atoms with Crippen LogP contribution in [0.1, 0.15) is 31.4 Å². The number of nitriles is 1. The van der Waals surface area contributed by atoms with Gasteiger partial charge in [-0.2, -0.15) is 18.4 Å². The Kier molecular flexibility index (Phi) is 6.04. The third-order valence-corrected chi connectivity index (χ3v) is 9.10. The van der Waals surface area contributed by atoms with Crippen molar-refractivity contribution in [2.75, 3.05) is 11.5 Å². The lowest BCUT2D eigenvalue weighted by Crippen LogP contribution is -2.56. The Labute approximate surface area is 207 Å². The third-order valence-electron chi connectivity index (χ3n) is 7.40. The van der Waals surface area contributed by atoms with Crippen LogP contribution in [0, 0.1) is 23.2 Å². The maximum absolute atomic E-state index is 13.5. The molecule has 5 atom stereocenters. The maximum Gasteiger partial charge on any atom is 0.417 e. The van der Waals surface area contributed by atoms with Crippen LogP contribution in [0.5, 0.6) is 0 Å². The number of alkyl halides is 3. The zero-order valence-electron chi connectivity index (χ0n) is 20.7. The average Bonchev–Trinajstić information content (AvgIpc) is 3.26. The number of benzene rings is 1. The first kappa shape index (κ1) is 26.2. The highest BCUT2D eigenvalue weighted by Gasteiger charge is 2.76. The molecule has 12 heteroatoms. The Morgan fingerprint density at radius 3 is 2.47 bits per heavy atom. The first-order valence-corrected chi connectivity index (χ1v) is 15.4. The summed E-state index contributed by atoms with van der Waals surface area (Å²) in [5.41, 5.74) is -4.44. The number of hydrogen-bond donors (Lipinski definition) is 1. The van der Waals surface area contributed by atoms with Gasteiger partial charge in [-0.15, -0.1) is 0 Å². The second-order valence-electron chi connectivity index (χ2n) is 11.3. The van der Waals surface area contributed by atoms with Gasteiger partial charge in [0, 0.05) is 14.5 Å². The van der Waals surface area contributed by atoms with Crippen LogP contribution in [0.3, 0.4) is 0 Å². The molecule has 0 aliphatic carbocycles. The summed E-state index contributed by atoms with van der Waals surface area (Å²) in [5.74, 6) is -3.28. The number of halogens is 3. The molecular weight excluding hydrogens is 495 g/mol. The Balaban J connectivity index is 1.59. The number of carbonyl (C=O) groups excluding carboxylic acids is 3. The first-order chi connectivity index (χ1) is 16.5. The second kappa shape index (κ2) is 8.31. The summed E-state index contributed by atoms with van der Waals surface area (Å²) in [4.78, 5) is 40.1.